The summed E-state index contributed by atoms with van der Waals surface area (Å²) in [5.41, 5.74) is -1.72. The van der Waals surface area contributed by atoms with Crippen LogP contribution in [0, 0.1) is 11.3 Å². The summed E-state index contributed by atoms with van der Waals surface area (Å²) in [7, 11) is 0. The van der Waals surface area contributed by atoms with E-state index in [9.17, 15) is 18.0 Å². The molecule has 0 unspecified atom stereocenters. The third-order valence-electron chi connectivity index (χ3n) is 0.694. The Kier molecular flexibility index (Phi) is 2.63. The van der Waals surface area contributed by atoms with Gasteiger partial charge in [-0.25, -0.2) is 4.79 Å². The number of hydrogen-bond acceptors (Lipinski definition) is 2. The van der Waals surface area contributed by atoms with Gasteiger partial charge in [-0.1, -0.05) is 0 Å². The number of hydrogen-bond donors (Lipinski definition) is 1. The van der Waals surface area contributed by atoms with Crippen LogP contribution in [-0.4, -0.2) is 17.3 Å². The molecule has 0 aliphatic carbocycles. The van der Waals surface area contributed by atoms with E-state index >= 15 is 0 Å². The van der Waals surface area contributed by atoms with Gasteiger partial charge in [0.25, 0.3) is 0 Å². The molecule has 60 valence electrons. The fraction of sp³-hybridized carbons (Fsp3) is 0.200. The molecule has 0 atom stereocenters. The van der Waals surface area contributed by atoms with E-state index in [1.165, 1.54) is 0 Å². The fourth-order valence-corrected chi connectivity index (χ4v) is 0.301. The lowest BCUT2D eigenvalue weighted by atomic mass is 10.3. The fourth-order valence-electron chi connectivity index (χ4n) is 0.301. The van der Waals surface area contributed by atoms with Crippen molar-refractivity contribution >= 4 is 5.97 Å². The van der Waals surface area contributed by atoms with Gasteiger partial charge in [-0.3, -0.25) is 0 Å². The number of aliphatic carboxylic acids is 1. The van der Waals surface area contributed by atoms with Crippen molar-refractivity contribution in [3.63, 3.8) is 0 Å². The van der Waals surface area contributed by atoms with Crippen LogP contribution in [0.25, 0.3) is 0 Å². The Morgan fingerprint density at radius 2 is 2.00 bits per heavy atom. The van der Waals surface area contributed by atoms with Crippen molar-refractivity contribution in [1.82, 2.24) is 0 Å². The second kappa shape index (κ2) is 3.05. The zero-order valence-electron chi connectivity index (χ0n) is 5.01. The van der Waals surface area contributed by atoms with Gasteiger partial charge in [0.2, 0.25) is 0 Å². The van der Waals surface area contributed by atoms with Gasteiger partial charge in [-0.05, 0) is 0 Å². The Morgan fingerprint density at radius 1 is 1.55 bits per heavy atom. The number of alkyl halides is 3. The van der Waals surface area contributed by atoms with E-state index in [0.29, 0.717) is 0 Å². The first-order valence-electron chi connectivity index (χ1n) is 2.30. The van der Waals surface area contributed by atoms with Crippen LogP contribution in [0.2, 0.25) is 0 Å². The van der Waals surface area contributed by atoms with E-state index in [1.54, 1.807) is 0 Å². The smallest absolute Gasteiger partial charge is 0.426 e. The van der Waals surface area contributed by atoms with Gasteiger partial charge in [0.05, 0.1) is 0 Å². The third-order valence-corrected chi connectivity index (χ3v) is 0.694. The van der Waals surface area contributed by atoms with Gasteiger partial charge < -0.3 is 5.11 Å². The molecule has 0 saturated carbocycles. The van der Waals surface area contributed by atoms with E-state index in [-0.39, 0.29) is 6.08 Å². The molecule has 3 nitrogen and oxygen atoms in total. The first-order valence-corrected chi connectivity index (χ1v) is 2.30. The molecule has 0 rings (SSSR count). The normalized spacial score (nSPS) is 12.4. The highest BCUT2D eigenvalue weighted by Crippen LogP contribution is 2.24. The van der Waals surface area contributed by atoms with Gasteiger partial charge in [0.1, 0.15) is 11.6 Å². The minimum Gasteiger partial charge on any atom is -0.478 e. The largest absolute Gasteiger partial charge is 0.478 e. The standard InChI is InChI=1S/C5H2F3NO2/c6-5(7,8)3(2-9)1-4(10)11/h1H,(H,10,11). The Morgan fingerprint density at radius 3 is 2.09 bits per heavy atom. The van der Waals surface area contributed by atoms with Crippen molar-refractivity contribution in [2.24, 2.45) is 0 Å². The number of nitrogens with zero attached hydrogens (tertiary/aromatic N) is 1. The lowest BCUT2D eigenvalue weighted by Gasteiger charge is -2.00. The minimum absolute atomic E-state index is 0.181. The van der Waals surface area contributed by atoms with Crippen LogP contribution in [0.5, 0.6) is 0 Å². The molecule has 0 aliphatic heterocycles. The van der Waals surface area contributed by atoms with Crippen LogP contribution in [0.3, 0.4) is 0 Å². The van der Waals surface area contributed by atoms with Crippen LogP contribution in [-0.2, 0) is 4.79 Å². The zero-order valence-corrected chi connectivity index (χ0v) is 5.01. The summed E-state index contributed by atoms with van der Waals surface area (Å²) in [6.07, 6.45) is -5.06. The topological polar surface area (TPSA) is 61.1 Å². The van der Waals surface area contributed by atoms with Crippen molar-refractivity contribution < 1.29 is 23.1 Å². The van der Waals surface area contributed by atoms with E-state index in [0.717, 1.165) is 6.07 Å². The molecule has 0 aromatic carbocycles. The number of rotatable bonds is 1. The van der Waals surface area contributed by atoms with Crippen LogP contribution in [0.1, 0.15) is 0 Å². The Bertz CT molecular complexity index is 235. The van der Waals surface area contributed by atoms with Crippen molar-refractivity contribution in [3.8, 4) is 6.07 Å². The monoisotopic (exact) mass is 165 g/mol. The van der Waals surface area contributed by atoms with Gasteiger partial charge >= 0.3 is 12.1 Å². The molecule has 0 amide bonds. The molecule has 0 saturated heterocycles. The Hall–Kier alpha value is -1.51. The zero-order chi connectivity index (χ0) is 9.07. The average Bonchev–Trinajstić information content (AvgIpc) is 1.79. The molecular weight excluding hydrogens is 163 g/mol. The quantitative estimate of drug-likeness (QED) is 0.467. The minimum atomic E-state index is -4.88. The van der Waals surface area contributed by atoms with Crippen molar-refractivity contribution in [1.29, 1.82) is 5.26 Å². The number of nitriles is 1. The van der Waals surface area contributed by atoms with E-state index < -0.39 is 17.7 Å². The molecule has 0 fully saturated rings. The lowest BCUT2D eigenvalue weighted by Crippen LogP contribution is -2.11. The number of halogens is 3. The van der Waals surface area contributed by atoms with E-state index in [2.05, 4.69) is 0 Å². The molecule has 1 N–H and O–H groups in total. The van der Waals surface area contributed by atoms with Gasteiger partial charge in [0.15, 0.2) is 0 Å². The van der Waals surface area contributed by atoms with Gasteiger partial charge in [0, 0.05) is 6.08 Å². The highest BCUT2D eigenvalue weighted by molar-refractivity contribution is 5.81. The number of allylic oxidation sites excluding steroid dienone is 1. The van der Waals surface area contributed by atoms with E-state index in [1.807, 2.05) is 0 Å². The second-order valence-electron chi connectivity index (χ2n) is 1.51. The maximum atomic E-state index is 11.5. The van der Waals surface area contributed by atoms with Gasteiger partial charge in [-0.15, -0.1) is 0 Å². The maximum Gasteiger partial charge on any atom is 0.426 e. The molecule has 11 heavy (non-hydrogen) atoms. The molecule has 0 heterocycles. The van der Waals surface area contributed by atoms with Gasteiger partial charge in [-0.2, -0.15) is 18.4 Å². The highest BCUT2D eigenvalue weighted by Gasteiger charge is 2.34. The molecule has 0 bridgehead atoms. The SMILES string of the molecule is N#CC(=CC(=O)O)C(F)(F)F. The predicted octanol–water partition coefficient (Wildman–Crippen LogP) is 1.08. The van der Waals surface area contributed by atoms with Crippen LogP contribution < -0.4 is 0 Å². The second-order valence-corrected chi connectivity index (χ2v) is 1.51. The summed E-state index contributed by atoms with van der Waals surface area (Å²) in [5.74, 6) is -1.79. The van der Waals surface area contributed by atoms with Crippen molar-refractivity contribution in [3.05, 3.63) is 11.6 Å². The van der Waals surface area contributed by atoms with Crippen molar-refractivity contribution in [2.75, 3.05) is 0 Å². The number of carboxylic acids is 1. The molecular formula is C5H2F3NO2. The highest BCUT2D eigenvalue weighted by atomic mass is 19.4. The maximum absolute atomic E-state index is 11.5. The molecule has 0 aromatic rings. The predicted molar refractivity (Wildman–Crippen MR) is 27.4 cm³/mol. The molecule has 0 spiro atoms. The first kappa shape index (κ1) is 9.49. The Balaban J connectivity index is 4.73. The third kappa shape index (κ3) is 3.25. The van der Waals surface area contributed by atoms with Crippen LogP contribution in [0.4, 0.5) is 13.2 Å². The molecule has 0 aromatic heterocycles. The summed E-state index contributed by atoms with van der Waals surface area (Å²) in [5, 5.41) is 15.7. The number of carboxylic acid groups (broad SMARTS) is 1. The summed E-state index contributed by atoms with van der Waals surface area (Å²) < 4.78 is 34.6. The Labute approximate surface area is 59.4 Å². The summed E-state index contributed by atoms with van der Waals surface area (Å²) in [6.45, 7) is 0. The average molecular weight is 165 g/mol. The van der Waals surface area contributed by atoms with Crippen LogP contribution in [0.15, 0.2) is 11.6 Å². The lowest BCUT2D eigenvalue weighted by molar-refractivity contribution is -0.132. The van der Waals surface area contributed by atoms with Crippen molar-refractivity contribution in [2.45, 2.75) is 6.18 Å². The van der Waals surface area contributed by atoms with Crippen LogP contribution >= 0.6 is 0 Å². The van der Waals surface area contributed by atoms with E-state index in [4.69, 9.17) is 10.4 Å². The summed E-state index contributed by atoms with van der Waals surface area (Å²) >= 11 is 0. The first-order chi connectivity index (χ1) is 4.88. The summed E-state index contributed by atoms with van der Waals surface area (Å²) in [6, 6.07) is 0.729. The number of carbonyl (C=O) groups is 1. The summed E-state index contributed by atoms with van der Waals surface area (Å²) in [4.78, 5) is 9.69. The molecule has 6 heteroatoms. The molecule has 0 aliphatic rings. The molecule has 0 radical (unpaired) electrons.